The van der Waals surface area contributed by atoms with E-state index in [0.29, 0.717) is 5.75 Å². The SMILES string of the molecule is O=C(CC(=O)NNC(=S)Nc1ccccc1CS)CC(S)Nc1ccccc1. The smallest absolute Gasteiger partial charge is 0.245 e. The number of thiocarbonyl (C=S) groups is 1. The van der Waals surface area contributed by atoms with Crippen LogP contribution in [0, 0.1) is 0 Å². The third-order valence-electron chi connectivity index (χ3n) is 3.64. The Morgan fingerprint density at radius 1 is 1.00 bits per heavy atom. The molecule has 0 radical (unpaired) electrons. The van der Waals surface area contributed by atoms with Gasteiger partial charge in [-0.05, 0) is 36.0 Å². The minimum atomic E-state index is -0.475. The molecule has 0 fully saturated rings. The van der Waals surface area contributed by atoms with Crippen molar-refractivity contribution in [3.8, 4) is 0 Å². The highest BCUT2D eigenvalue weighted by atomic mass is 32.1. The summed E-state index contributed by atoms with van der Waals surface area (Å²) in [7, 11) is 0. The van der Waals surface area contributed by atoms with Gasteiger partial charge >= 0.3 is 0 Å². The van der Waals surface area contributed by atoms with Crippen molar-refractivity contribution in [3.05, 3.63) is 60.2 Å². The molecule has 0 aromatic heterocycles. The summed E-state index contributed by atoms with van der Waals surface area (Å²) in [6.07, 6.45) is -0.153. The van der Waals surface area contributed by atoms with E-state index >= 15 is 0 Å². The Balaban J connectivity index is 1.71. The number of hydrazine groups is 1. The first-order valence-electron chi connectivity index (χ1n) is 8.54. The molecule has 2 aromatic carbocycles. The van der Waals surface area contributed by atoms with Gasteiger partial charge in [-0.1, -0.05) is 36.4 Å². The van der Waals surface area contributed by atoms with Gasteiger partial charge in [0, 0.05) is 23.5 Å². The Morgan fingerprint density at radius 2 is 1.68 bits per heavy atom. The summed E-state index contributed by atoms with van der Waals surface area (Å²) in [6.45, 7) is 0. The molecular weight excluding hydrogens is 412 g/mol. The standard InChI is InChI=1S/C19H22N4O2S3/c24-15(11-18(27)20-14-7-2-1-3-8-14)10-17(25)22-23-19(28)21-16-9-5-4-6-13(16)12-26/h1-9,18,20,26-27H,10-12H2,(H,22,25)(H2,21,23,28). The minimum Gasteiger partial charge on any atom is -0.373 e. The van der Waals surface area contributed by atoms with E-state index in [0.717, 1.165) is 16.9 Å². The van der Waals surface area contributed by atoms with Crippen LogP contribution in [0.2, 0.25) is 0 Å². The van der Waals surface area contributed by atoms with E-state index < -0.39 is 5.91 Å². The molecule has 1 atom stereocenters. The summed E-state index contributed by atoms with van der Waals surface area (Å²) >= 11 is 13.8. The molecule has 2 rings (SSSR count). The molecule has 1 unspecified atom stereocenters. The second-order valence-corrected chi connectivity index (χ2v) is 7.24. The summed E-state index contributed by atoms with van der Waals surface area (Å²) in [5.41, 5.74) is 7.64. The van der Waals surface area contributed by atoms with Gasteiger partial charge in [0.25, 0.3) is 0 Å². The van der Waals surface area contributed by atoms with E-state index in [1.54, 1.807) is 0 Å². The lowest BCUT2D eigenvalue weighted by Gasteiger charge is -2.15. The van der Waals surface area contributed by atoms with Gasteiger partial charge in [-0.3, -0.25) is 20.4 Å². The fourth-order valence-electron chi connectivity index (χ4n) is 2.35. The first-order valence-corrected chi connectivity index (χ1v) is 10.1. The van der Waals surface area contributed by atoms with Crippen LogP contribution in [-0.2, 0) is 15.3 Å². The highest BCUT2D eigenvalue weighted by Gasteiger charge is 2.14. The predicted octanol–water partition coefficient (Wildman–Crippen LogP) is 3.15. The average Bonchev–Trinajstić information content (AvgIpc) is 2.67. The van der Waals surface area contributed by atoms with Crippen LogP contribution in [0.5, 0.6) is 0 Å². The molecule has 28 heavy (non-hydrogen) atoms. The van der Waals surface area contributed by atoms with Crippen molar-refractivity contribution in [2.24, 2.45) is 0 Å². The van der Waals surface area contributed by atoms with Crippen molar-refractivity contribution in [2.45, 2.75) is 24.0 Å². The number of anilines is 2. The minimum absolute atomic E-state index is 0.115. The second kappa shape index (κ2) is 11.6. The Morgan fingerprint density at radius 3 is 2.39 bits per heavy atom. The van der Waals surface area contributed by atoms with Gasteiger partial charge in [-0.15, -0.1) is 0 Å². The number of carbonyl (C=O) groups excluding carboxylic acids is 2. The number of para-hydroxylation sites is 2. The van der Waals surface area contributed by atoms with Crippen molar-refractivity contribution in [2.75, 3.05) is 10.6 Å². The molecule has 0 bridgehead atoms. The molecule has 0 aliphatic rings. The van der Waals surface area contributed by atoms with Gasteiger partial charge in [0.05, 0.1) is 11.8 Å². The van der Waals surface area contributed by atoms with Crippen LogP contribution in [0.3, 0.4) is 0 Å². The second-order valence-electron chi connectivity index (χ2n) is 5.89. The Kier molecular flexibility index (Phi) is 9.12. The maximum atomic E-state index is 12.0. The topological polar surface area (TPSA) is 82.3 Å². The average molecular weight is 435 g/mol. The lowest BCUT2D eigenvalue weighted by atomic mass is 10.2. The van der Waals surface area contributed by atoms with Crippen LogP contribution in [0.4, 0.5) is 11.4 Å². The molecule has 0 heterocycles. The van der Waals surface area contributed by atoms with Crippen molar-refractivity contribution < 1.29 is 9.59 Å². The third kappa shape index (κ3) is 7.79. The molecule has 0 aliphatic heterocycles. The maximum absolute atomic E-state index is 12.0. The number of hydrogen-bond acceptors (Lipinski definition) is 6. The zero-order valence-electron chi connectivity index (χ0n) is 15.0. The first kappa shape index (κ1) is 22.1. The van der Waals surface area contributed by atoms with E-state index in [9.17, 15) is 9.59 Å². The molecular formula is C19H22N4O2S3. The Bertz CT molecular complexity index is 818. The van der Waals surface area contributed by atoms with Gasteiger partial charge in [-0.25, -0.2) is 0 Å². The maximum Gasteiger partial charge on any atom is 0.245 e. The fraction of sp³-hybridized carbons (Fsp3) is 0.211. The van der Waals surface area contributed by atoms with Crippen LogP contribution in [0.1, 0.15) is 18.4 Å². The van der Waals surface area contributed by atoms with Gasteiger partial charge in [0.1, 0.15) is 5.78 Å². The number of rotatable bonds is 8. The predicted molar refractivity (Wildman–Crippen MR) is 124 cm³/mol. The van der Waals surface area contributed by atoms with Crippen LogP contribution < -0.4 is 21.5 Å². The van der Waals surface area contributed by atoms with Crippen LogP contribution in [0.15, 0.2) is 54.6 Å². The monoisotopic (exact) mass is 434 g/mol. The molecule has 0 aliphatic carbocycles. The van der Waals surface area contributed by atoms with Crippen LogP contribution >= 0.6 is 37.5 Å². The lowest BCUT2D eigenvalue weighted by molar-refractivity contribution is -0.128. The largest absolute Gasteiger partial charge is 0.373 e. The Hall–Kier alpha value is -2.23. The highest BCUT2D eigenvalue weighted by Crippen LogP contribution is 2.16. The molecule has 148 valence electrons. The zero-order valence-corrected chi connectivity index (χ0v) is 17.6. The first-order chi connectivity index (χ1) is 13.5. The van der Waals surface area contributed by atoms with Gasteiger partial charge in [0.15, 0.2) is 5.11 Å². The summed E-state index contributed by atoms with van der Waals surface area (Å²) in [5.74, 6) is -0.159. The quantitative estimate of drug-likeness (QED) is 0.126. The molecule has 0 saturated carbocycles. The van der Waals surface area contributed by atoms with Crippen LogP contribution in [0.25, 0.3) is 0 Å². The van der Waals surface area contributed by atoms with Gasteiger partial charge in [0.2, 0.25) is 5.91 Å². The number of hydrogen-bond donors (Lipinski definition) is 6. The number of benzene rings is 2. The Labute approximate surface area is 180 Å². The summed E-state index contributed by atoms with van der Waals surface area (Å²) in [5, 5.41) is 5.91. The molecule has 9 heteroatoms. The van der Waals surface area contributed by atoms with E-state index in [1.807, 2.05) is 54.6 Å². The molecule has 4 N–H and O–H groups in total. The molecule has 0 saturated heterocycles. The van der Waals surface area contributed by atoms with Gasteiger partial charge in [-0.2, -0.15) is 25.3 Å². The van der Waals surface area contributed by atoms with E-state index in [1.165, 1.54) is 0 Å². The third-order valence-corrected chi connectivity index (χ3v) is 4.49. The van der Waals surface area contributed by atoms with E-state index in [4.69, 9.17) is 12.2 Å². The number of amides is 1. The summed E-state index contributed by atoms with van der Waals surface area (Å²) in [6, 6.07) is 17.0. The number of ketones is 1. The van der Waals surface area contributed by atoms with E-state index in [2.05, 4.69) is 46.7 Å². The fourth-order valence-corrected chi connectivity index (χ4v) is 3.14. The lowest BCUT2D eigenvalue weighted by Crippen LogP contribution is -2.44. The zero-order chi connectivity index (χ0) is 20.4. The van der Waals surface area contributed by atoms with Crippen molar-refractivity contribution in [1.82, 2.24) is 10.9 Å². The molecule has 6 nitrogen and oxygen atoms in total. The molecule has 2 aromatic rings. The van der Waals surface area contributed by atoms with Crippen molar-refractivity contribution in [3.63, 3.8) is 0 Å². The van der Waals surface area contributed by atoms with Crippen LogP contribution in [-0.4, -0.2) is 22.2 Å². The summed E-state index contributed by atoms with van der Waals surface area (Å²) in [4.78, 5) is 24.0. The highest BCUT2D eigenvalue weighted by molar-refractivity contribution is 7.81. The van der Waals surface area contributed by atoms with Crippen molar-refractivity contribution in [1.29, 1.82) is 0 Å². The number of thiol groups is 2. The van der Waals surface area contributed by atoms with E-state index in [-0.39, 0.29) is 29.1 Å². The normalized spacial score (nSPS) is 11.2. The number of Topliss-reactive ketones (excluding diaryl/α,β-unsaturated/α-hetero) is 1. The number of carbonyl (C=O) groups is 2. The number of nitrogens with one attached hydrogen (secondary N) is 4. The molecule has 1 amide bonds. The van der Waals surface area contributed by atoms with Crippen molar-refractivity contribution >= 4 is 65.7 Å². The molecule has 0 spiro atoms. The summed E-state index contributed by atoms with van der Waals surface area (Å²) < 4.78 is 0. The van der Waals surface area contributed by atoms with Gasteiger partial charge < -0.3 is 10.6 Å².